The molecule has 2 N–H and O–H groups in total. The third-order valence-electron chi connectivity index (χ3n) is 2.71. The van der Waals surface area contributed by atoms with Gasteiger partial charge in [-0.05, 0) is 25.1 Å². The standard InChI is InChI=1S/C14H20ClF2N3O2/c1-9(8-21-3)20-14(18-2)19-7-10-6-11(15)4-5-12(10)22-13(16)17/h4-6,9,13H,7-8H2,1-3H3,(H2,18,19,20). The van der Waals surface area contributed by atoms with Crippen molar-refractivity contribution in [2.45, 2.75) is 26.1 Å². The highest BCUT2D eigenvalue weighted by Crippen LogP contribution is 2.24. The van der Waals surface area contributed by atoms with E-state index in [-0.39, 0.29) is 18.3 Å². The molecule has 0 bridgehead atoms. The van der Waals surface area contributed by atoms with E-state index in [4.69, 9.17) is 16.3 Å². The molecule has 8 heteroatoms. The fraction of sp³-hybridized carbons (Fsp3) is 0.500. The summed E-state index contributed by atoms with van der Waals surface area (Å²) >= 11 is 5.89. The van der Waals surface area contributed by atoms with Crippen LogP contribution in [-0.4, -0.2) is 39.4 Å². The molecule has 1 aromatic carbocycles. The lowest BCUT2D eigenvalue weighted by Gasteiger charge is -2.18. The van der Waals surface area contributed by atoms with Gasteiger partial charge in [0, 0.05) is 37.3 Å². The van der Waals surface area contributed by atoms with Gasteiger partial charge in [-0.15, -0.1) is 0 Å². The molecule has 0 aliphatic heterocycles. The summed E-state index contributed by atoms with van der Waals surface area (Å²) in [6.45, 7) is -0.209. The molecule has 0 amide bonds. The van der Waals surface area contributed by atoms with Crippen molar-refractivity contribution in [3.63, 3.8) is 0 Å². The highest BCUT2D eigenvalue weighted by Gasteiger charge is 2.11. The number of rotatable bonds is 7. The minimum Gasteiger partial charge on any atom is -0.434 e. The van der Waals surface area contributed by atoms with Gasteiger partial charge in [-0.1, -0.05) is 11.6 Å². The van der Waals surface area contributed by atoms with Gasteiger partial charge in [0.2, 0.25) is 0 Å². The second-order valence-electron chi connectivity index (χ2n) is 4.56. The van der Waals surface area contributed by atoms with Crippen LogP contribution in [0.1, 0.15) is 12.5 Å². The van der Waals surface area contributed by atoms with Crippen LogP contribution in [0, 0.1) is 0 Å². The van der Waals surface area contributed by atoms with Gasteiger partial charge < -0.3 is 20.1 Å². The molecule has 0 aliphatic carbocycles. The van der Waals surface area contributed by atoms with Crippen LogP contribution in [-0.2, 0) is 11.3 Å². The molecule has 22 heavy (non-hydrogen) atoms. The Kier molecular flexibility index (Phi) is 7.90. The fourth-order valence-corrected chi connectivity index (χ4v) is 1.99. The van der Waals surface area contributed by atoms with Gasteiger partial charge in [-0.25, -0.2) is 0 Å². The number of hydrogen-bond donors (Lipinski definition) is 2. The number of nitrogens with zero attached hydrogens (tertiary/aromatic N) is 1. The SMILES string of the molecule is CN=C(NCc1cc(Cl)ccc1OC(F)F)NC(C)COC. The molecule has 0 aliphatic rings. The Morgan fingerprint density at radius 3 is 2.73 bits per heavy atom. The van der Waals surface area contributed by atoms with Gasteiger partial charge in [0.15, 0.2) is 5.96 Å². The number of methoxy groups -OCH3 is 1. The maximum absolute atomic E-state index is 12.4. The maximum atomic E-state index is 12.4. The largest absolute Gasteiger partial charge is 0.434 e. The number of ether oxygens (including phenoxy) is 2. The first-order chi connectivity index (χ1) is 10.5. The summed E-state index contributed by atoms with van der Waals surface area (Å²) in [5.41, 5.74) is 0.509. The number of guanidine groups is 1. The molecule has 0 saturated carbocycles. The highest BCUT2D eigenvalue weighted by atomic mass is 35.5. The van der Waals surface area contributed by atoms with E-state index < -0.39 is 6.61 Å². The van der Waals surface area contributed by atoms with Crippen LogP contribution in [0.2, 0.25) is 5.02 Å². The normalized spacial score (nSPS) is 13.1. The lowest BCUT2D eigenvalue weighted by Crippen LogP contribution is -2.43. The van der Waals surface area contributed by atoms with Crippen molar-refractivity contribution in [1.29, 1.82) is 0 Å². The molecule has 0 spiro atoms. The Hall–Kier alpha value is -1.60. The summed E-state index contributed by atoms with van der Waals surface area (Å²) in [5.74, 6) is 0.597. The molecule has 1 atom stereocenters. The van der Waals surface area contributed by atoms with Crippen LogP contribution in [0.5, 0.6) is 5.75 Å². The predicted octanol–water partition coefficient (Wildman–Crippen LogP) is 2.64. The summed E-state index contributed by atoms with van der Waals surface area (Å²) in [6.07, 6.45) is 0. The van der Waals surface area contributed by atoms with Crippen LogP contribution < -0.4 is 15.4 Å². The quantitative estimate of drug-likeness (QED) is 0.594. The maximum Gasteiger partial charge on any atom is 0.387 e. The van der Waals surface area contributed by atoms with Crippen LogP contribution in [0.4, 0.5) is 8.78 Å². The average Bonchev–Trinajstić information content (AvgIpc) is 2.45. The van der Waals surface area contributed by atoms with Crippen molar-refractivity contribution >= 4 is 17.6 Å². The molecule has 1 unspecified atom stereocenters. The topological polar surface area (TPSA) is 54.9 Å². The van der Waals surface area contributed by atoms with Crippen LogP contribution in [0.25, 0.3) is 0 Å². The summed E-state index contributed by atoms with van der Waals surface area (Å²) in [5, 5.41) is 6.56. The van der Waals surface area contributed by atoms with E-state index in [2.05, 4.69) is 20.4 Å². The molecule has 5 nitrogen and oxygen atoms in total. The van der Waals surface area contributed by atoms with Gasteiger partial charge >= 0.3 is 6.61 Å². The summed E-state index contributed by atoms with van der Waals surface area (Å²) in [7, 11) is 3.22. The Balaban J connectivity index is 2.71. The van der Waals surface area contributed by atoms with Crippen molar-refractivity contribution in [2.24, 2.45) is 4.99 Å². The third kappa shape index (κ3) is 6.44. The van der Waals surface area contributed by atoms with Crippen LogP contribution in [0.3, 0.4) is 0 Å². The van der Waals surface area contributed by atoms with E-state index in [1.54, 1.807) is 20.2 Å². The van der Waals surface area contributed by atoms with Gasteiger partial charge in [0.25, 0.3) is 0 Å². The first-order valence-electron chi connectivity index (χ1n) is 6.65. The van der Waals surface area contributed by atoms with Crippen molar-refractivity contribution < 1.29 is 18.3 Å². The molecule has 0 saturated heterocycles. The van der Waals surface area contributed by atoms with E-state index in [0.717, 1.165) is 0 Å². The zero-order valence-corrected chi connectivity index (χ0v) is 13.5. The summed E-state index contributed by atoms with van der Waals surface area (Å²) in [4.78, 5) is 4.06. The number of hydrogen-bond acceptors (Lipinski definition) is 3. The molecule has 0 radical (unpaired) electrons. The average molecular weight is 336 g/mol. The van der Waals surface area contributed by atoms with E-state index >= 15 is 0 Å². The first kappa shape index (κ1) is 18.4. The molecular formula is C14H20ClF2N3O2. The van der Waals surface area contributed by atoms with Crippen LogP contribution in [0.15, 0.2) is 23.2 Å². The second-order valence-corrected chi connectivity index (χ2v) is 4.99. The minimum absolute atomic E-state index is 0.0485. The smallest absolute Gasteiger partial charge is 0.387 e. The van der Waals surface area contributed by atoms with Crippen molar-refractivity contribution in [2.75, 3.05) is 20.8 Å². The Bertz CT molecular complexity index is 501. The zero-order valence-electron chi connectivity index (χ0n) is 12.7. The molecule has 0 aromatic heterocycles. The van der Waals surface area contributed by atoms with E-state index in [1.807, 2.05) is 6.92 Å². The zero-order chi connectivity index (χ0) is 16.5. The molecular weight excluding hydrogens is 316 g/mol. The van der Waals surface area contributed by atoms with E-state index in [0.29, 0.717) is 23.2 Å². The van der Waals surface area contributed by atoms with Gasteiger partial charge in [-0.2, -0.15) is 8.78 Å². The fourth-order valence-electron chi connectivity index (χ4n) is 1.80. The van der Waals surface area contributed by atoms with Crippen molar-refractivity contribution in [1.82, 2.24) is 10.6 Å². The minimum atomic E-state index is -2.89. The number of alkyl halides is 2. The van der Waals surface area contributed by atoms with Crippen LogP contribution >= 0.6 is 11.6 Å². The monoisotopic (exact) mass is 335 g/mol. The number of benzene rings is 1. The lowest BCUT2D eigenvalue weighted by molar-refractivity contribution is -0.0504. The van der Waals surface area contributed by atoms with Gasteiger partial charge in [0.1, 0.15) is 5.75 Å². The first-order valence-corrected chi connectivity index (χ1v) is 7.03. The molecule has 0 fully saturated rings. The summed E-state index contributed by atoms with van der Waals surface area (Å²) < 4.78 is 34.3. The van der Waals surface area contributed by atoms with Gasteiger partial charge in [0.05, 0.1) is 6.61 Å². The second kappa shape index (κ2) is 9.42. The molecule has 1 rings (SSSR count). The molecule has 1 aromatic rings. The Morgan fingerprint density at radius 1 is 1.41 bits per heavy atom. The predicted molar refractivity (Wildman–Crippen MR) is 82.8 cm³/mol. The van der Waals surface area contributed by atoms with E-state index in [9.17, 15) is 8.78 Å². The Labute approximate surface area is 133 Å². The molecule has 0 heterocycles. The number of aliphatic imine (C=N–C) groups is 1. The third-order valence-corrected chi connectivity index (χ3v) is 2.94. The Morgan fingerprint density at radius 2 is 2.14 bits per heavy atom. The number of nitrogens with one attached hydrogen (secondary N) is 2. The van der Waals surface area contributed by atoms with Gasteiger partial charge in [-0.3, -0.25) is 4.99 Å². The highest BCUT2D eigenvalue weighted by molar-refractivity contribution is 6.30. The van der Waals surface area contributed by atoms with Crippen molar-refractivity contribution in [3.8, 4) is 5.75 Å². The molecule has 124 valence electrons. The summed E-state index contributed by atoms with van der Waals surface area (Å²) in [6, 6.07) is 4.52. The van der Waals surface area contributed by atoms with E-state index in [1.165, 1.54) is 12.1 Å². The lowest BCUT2D eigenvalue weighted by atomic mass is 10.2. The number of halogens is 3. The van der Waals surface area contributed by atoms with Crippen molar-refractivity contribution in [3.05, 3.63) is 28.8 Å².